The third-order valence-corrected chi connectivity index (χ3v) is 2.31. The molecule has 0 aliphatic carbocycles. The number of allylic oxidation sites excluding steroid dienone is 1. The molecule has 0 bridgehead atoms. The molecule has 0 fully saturated rings. The second-order valence-electron chi connectivity index (χ2n) is 5.37. The van der Waals surface area contributed by atoms with E-state index in [1.165, 1.54) is 0 Å². The summed E-state index contributed by atoms with van der Waals surface area (Å²) in [6.07, 6.45) is 3.66. The van der Waals surface area contributed by atoms with Gasteiger partial charge in [0.2, 0.25) is 0 Å². The number of ether oxygens (including phenoxy) is 1. The minimum atomic E-state index is -0.494. The minimum Gasteiger partial charge on any atom is -0.444 e. The number of benzene rings is 1. The molecule has 0 heterocycles. The van der Waals surface area contributed by atoms with Crippen LogP contribution in [0.1, 0.15) is 38.3 Å². The van der Waals surface area contributed by atoms with Crippen LogP contribution in [-0.2, 0) is 11.3 Å². The highest BCUT2D eigenvalue weighted by molar-refractivity contribution is 5.67. The van der Waals surface area contributed by atoms with E-state index in [2.05, 4.69) is 11.4 Å². The van der Waals surface area contributed by atoms with Gasteiger partial charge in [0.25, 0.3) is 0 Å². The van der Waals surface area contributed by atoms with Gasteiger partial charge < -0.3 is 10.1 Å². The molecule has 4 heteroatoms. The quantitative estimate of drug-likeness (QED) is 0.910. The fraction of sp³-hybridized carbons (Fsp3) is 0.375. The van der Waals surface area contributed by atoms with Crippen LogP contribution in [-0.4, -0.2) is 11.7 Å². The molecule has 20 heavy (non-hydrogen) atoms. The maximum Gasteiger partial charge on any atom is 0.407 e. The van der Waals surface area contributed by atoms with Crippen LogP contribution in [0.5, 0.6) is 0 Å². The van der Waals surface area contributed by atoms with E-state index in [0.29, 0.717) is 13.0 Å². The summed E-state index contributed by atoms with van der Waals surface area (Å²) in [6.45, 7) is 5.89. The number of nitriles is 1. The van der Waals surface area contributed by atoms with Crippen LogP contribution in [0.15, 0.2) is 30.3 Å². The van der Waals surface area contributed by atoms with E-state index in [1.807, 2.05) is 51.1 Å². The van der Waals surface area contributed by atoms with Crippen LogP contribution in [0.25, 0.3) is 6.08 Å². The number of hydrogen-bond donors (Lipinski definition) is 1. The second kappa shape index (κ2) is 7.34. The van der Waals surface area contributed by atoms with Crippen molar-refractivity contribution in [1.29, 1.82) is 5.26 Å². The molecule has 1 amide bonds. The van der Waals surface area contributed by atoms with Gasteiger partial charge in [0, 0.05) is 6.54 Å². The van der Waals surface area contributed by atoms with Crippen molar-refractivity contribution in [3.8, 4) is 6.07 Å². The fourth-order valence-corrected chi connectivity index (χ4v) is 1.54. The molecule has 0 spiro atoms. The van der Waals surface area contributed by atoms with E-state index in [9.17, 15) is 4.79 Å². The Hall–Kier alpha value is -2.28. The predicted octanol–water partition coefficient (Wildman–Crippen LogP) is 3.64. The molecule has 0 atom stereocenters. The molecule has 0 unspecified atom stereocenters. The van der Waals surface area contributed by atoms with Crippen molar-refractivity contribution < 1.29 is 9.53 Å². The number of carbonyl (C=O) groups excluding carboxylic acids is 1. The van der Waals surface area contributed by atoms with Gasteiger partial charge in [-0.1, -0.05) is 30.4 Å². The van der Waals surface area contributed by atoms with Crippen LogP contribution in [0.2, 0.25) is 0 Å². The second-order valence-corrected chi connectivity index (χ2v) is 5.37. The molecule has 0 aliphatic rings. The molecule has 1 N–H and O–H groups in total. The molecule has 0 aromatic heterocycles. The molecule has 1 aromatic rings. The van der Waals surface area contributed by atoms with Gasteiger partial charge in [-0.05, 0) is 38.0 Å². The first-order valence-electron chi connectivity index (χ1n) is 6.50. The Balaban J connectivity index is 2.55. The van der Waals surface area contributed by atoms with Crippen LogP contribution < -0.4 is 5.32 Å². The monoisotopic (exact) mass is 272 g/mol. The molecule has 1 rings (SSSR count). The van der Waals surface area contributed by atoms with Crippen LogP contribution in [0.4, 0.5) is 4.79 Å². The first-order chi connectivity index (χ1) is 9.40. The summed E-state index contributed by atoms with van der Waals surface area (Å²) in [6, 6.07) is 9.81. The topological polar surface area (TPSA) is 62.1 Å². The van der Waals surface area contributed by atoms with Crippen molar-refractivity contribution in [2.45, 2.75) is 39.3 Å². The Labute approximate surface area is 120 Å². The number of hydrogen-bond acceptors (Lipinski definition) is 3. The van der Waals surface area contributed by atoms with Crippen LogP contribution in [0, 0.1) is 11.3 Å². The highest BCUT2D eigenvalue weighted by Gasteiger charge is 2.15. The lowest BCUT2D eigenvalue weighted by atomic mass is 10.1. The molecular weight excluding hydrogens is 252 g/mol. The normalized spacial score (nSPS) is 11.1. The minimum absolute atomic E-state index is 0.389. The highest BCUT2D eigenvalue weighted by atomic mass is 16.6. The average Bonchev–Trinajstić information content (AvgIpc) is 2.35. The van der Waals surface area contributed by atoms with Crippen LogP contribution in [0.3, 0.4) is 0 Å². The van der Waals surface area contributed by atoms with E-state index in [1.54, 1.807) is 6.08 Å². The Morgan fingerprint density at radius 2 is 2.20 bits per heavy atom. The highest BCUT2D eigenvalue weighted by Crippen LogP contribution is 2.09. The van der Waals surface area contributed by atoms with Gasteiger partial charge in [-0.15, -0.1) is 0 Å². The van der Waals surface area contributed by atoms with Crippen molar-refractivity contribution in [3.05, 3.63) is 41.5 Å². The summed E-state index contributed by atoms with van der Waals surface area (Å²) >= 11 is 0. The molecule has 0 radical (unpaired) electrons. The molecular formula is C16H20N2O2. The van der Waals surface area contributed by atoms with E-state index >= 15 is 0 Å². The zero-order valence-electron chi connectivity index (χ0n) is 12.1. The van der Waals surface area contributed by atoms with E-state index in [-0.39, 0.29) is 0 Å². The molecule has 4 nitrogen and oxygen atoms in total. The number of nitrogens with one attached hydrogen (secondary N) is 1. The van der Waals surface area contributed by atoms with E-state index in [0.717, 1.165) is 11.1 Å². The third kappa shape index (κ3) is 6.60. The van der Waals surface area contributed by atoms with Crippen molar-refractivity contribution in [3.63, 3.8) is 0 Å². The summed E-state index contributed by atoms with van der Waals surface area (Å²) in [5.41, 5.74) is 1.49. The van der Waals surface area contributed by atoms with Crippen LogP contribution >= 0.6 is 0 Å². The van der Waals surface area contributed by atoms with Crippen molar-refractivity contribution in [1.82, 2.24) is 5.32 Å². The fourth-order valence-electron chi connectivity index (χ4n) is 1.54. The van der Waals surface area contributed by atoms with Gasteiger partial charge >= 0.3 is 6.09 Å². The maximum absolute atomic E-state index is 11.5. The van der Waals surface area contributed by atoms with Gasteiger partial charge in [0.15, 0.2) is 0 Å². The molecule has 0 aliphatic heterocycles. The lowest BCUT2D eigenvalue weighted by Gasteiger charge is -2.19. The number of rotatable bonds is 4. The smallest absolute Gasteiger partial charge is 0.407 e. The van der Waals surface area contributed by atoms with Crippen molar-refractivity contribution >= 4 is 12.2 Å². The van der Waals surface area contributed by atoms with Gasteiger partial charge in [0.05, 0.1) is 12.5 Å². The Morgan fingerprint density at radius 3 is 2.85 bits per heavy atom. The van der Waals surface area contributed by atoms with Crippen molar-refractivity contribution in [2.24, 2.45) is 0 Å². The van der Waals surface area contributed by atoms with Gasteiger partial charge in [-0.25, -0.2) is 4.79 Å². The lowest BCUT2D eigenvalue weighted by Crippen LogP contribution is -2.32. The summed E-state index contributed by atoms with van der Waals surface area (Å²) in [7, 11) is 0. The largest absolute Gasteiger partial charge is 0.444 e. The third-order valence-electron chi connectivity index (χ3n) is 2.31. The standard InChI is InChI=1S/C16H20N2O2/c1-16(2,3)20-15(19)18-12-14-9-6-8-13(11-14)7-4-5-10-17/h4,6-9,11H,5,12H2,1-3H3,(H,18,19). The number of amides is 1. The van der Waals surface area contributed by atoms with Gasteiger partial charge in [-0.2, -0.15) is 5.26 Å². The SMILES string of the molecule is CC(C)(C)OC(=O)NCc1cccc(C=CCC#N)c1. The van der Waals surface area contributed by atoms with E-state index in [4.69, 9.17) is 10.00 Å². The maximum atomic E-state index is 11.5. The van der Waals surface area contributed by atoms with Gasteiger partial charge in [-0.3, -0.25) is 0 Å². The predicted molar refractivity (Wildman–Crippen MR) is 78.8 cm³/mol. The average molecular weight is 272 g/mol. The summed E-state index contributed by atoms with van der Waals surface area (Å²) < 4.78 is 5.17. The van der Waals surface area contributed by atoms with Gasteiger partial charge in [0.1, 0.15) is 5.60 Å². The molecule has 1 aromatic carbocycles. The molecule has 0 saturated carbocycles. The Bertz CT molecular complexity index is 522. The van der Waals surface area contributed by atoms with Crippen molar-refractivity contribution in [2.75, 3.05) is 0 Å². The molecule has 0 saturated heterocycles. The summed E-state index contributed by atoms with van der Waals surface area (Å²) in [5, 5.41) is 11.2. The zero-order chi connectivity index (χ0) is 15.0. The zero-order valence-corrected chi connectivity index (χ0v) is 12.1. The first kappa shape index (κ1) is 15.8. The number of nitrogens with zero attached hydrogens (tertiary/aromatic N) is 1. The summed E-state index contributed by atoms with van der Waals surface area (Å²) in [5.74, 6) is 0. The number of alkyl carbamates (subject to hydrolysis) is 1. The Kier molecular flexibility index (Phi) is 5.79. The Morgan fingerprint density at radius 1 is 1.45 bits per heavy atom. The molecule has 106 valence electrons. The first-order valence-corrected chi connectivity index (χ1v) is 6.50. The summed E-state index contributed by atoms with van der Waals surface area (Å²) in [4.78, 5) is 11.5. The number of carbonyl (C=O) groups is 1. The van der Waals surface area contributed by atoms with E-state index < -0.39 is 11.7 Å². The lowest BCUT2D eigenvalue weighted by molar-refractivity contribution is 0.0523.